The van der Waals surface area contributed by atoms with Gasteiger partial charge >= 0.3 is 0 Å². The Morgan fingerprint density at radius 2 is 2.21 bits per heavy atom. The highest BCUT2D eigenvalue weighted by atomic mass is 16.5. The summed E-state index contributed by atoms with van der Waals surface area (Å²) in [7, 11) is 3.49. The van der Waals surface area contributed by atoms with Crippen LogP contribution in [0.25, 0.3) is 6.08 Å². The second kappa shape index (κ2) is 4.28. The molecule has 1 heterocycles. The highest BCUT2D eigenvalue weighted by Gasteiger charge is 2.10. The number of hydrogen-bond donors (Lipinski definition) is 1. The molecule has 0 amide bonds. The maximum Gasteiger partial charge on any atom is 0.218 e. The lowest BCUT2D eigenvalue weighted by Gasteiger charge is -2.01. The van der Waals surface area contributed by atoms with Crippen LogP contribution in [0.3, 0.4) is 0 Å². The Morgan fingerprint density at radius 1 is 1.57 bits per heavy atom. The number of aromatic nitrogens is 2. The van der Waals surface area contributed by atoms with E-state index in [0.29, 0.717) is 0 Å². The van der Waals surface area contributed by atoms with E-state index in [-0.39, 0.29) is 6.04 Å². The van der Waals surface area contributed by atoms with Gasteiger partial charge in [0.05, 0.1) is 18.4 Å². The van der Waals surface area contributed by atoms with Crippen LogP contribution in [0.5, 0.6) is 5.88 Å². The molecule has 0 saturated carbocycles. The molecule has 1 unspecified atom stereocenters. The zero-order valence-electron chi connectivity index (χ0n) is 9.11. The quantitative estimate of drug-likeness (QED) is 0.785. The molecule has 14 heavy (non-hydrogen) atoms. The van der Waals surface area contributed by atoms with Crippen molar-refractivity contribution in [1.82, 2.24) is 9.78 Å². The number of rotatable bonds is 3. The molecule has 0 saturated heterocycles. The lowest BCUT2D eigenvalue weighted by molar-refractivity contribution is 0.372. The van der Waals surface area contributed by atoms with Crippen molar-refractivity contribution in [2.75, 3.05) is 7.11 Å². The first-order valence-corrected chi connectivity index (χ1v) is 4.57. The van der Waals surface area contributed by atoms with Crippen LogP contribution >= 0.6 is 0 Å². The first-order chi connectivity index (χ1) is 6.56. The van der Waals surface area contributed by atoms with Crippen molar-refractivity contribution in [3.05, 3.63) is 17.3 Å². The molecule has 0 aliphatic carbocycles. The Morgan fingerprint density at radius 3 is 2.71 bits per heavy atom. The number of nitrogens with zero attached hydrogens (tertiary/aromatic N) is 2. The topological polar surface area (TPSA) is 53.1 Å². The van der Waals surface area contributed by atoms with Gasteiger partial charge in [-0.2, -0.15) is 5.10 Å². The summed E-state index contributed by atoms with van der Waals surface area (Å²) < 4.78 is 6.96. The van der Waals surface area contributed by atoms with Crippen LogP contribution in [-0.2, 0) is 7.05 Å². The third kappa shape index (κ3) is 2.14. The molecule has 0 aliphatic heterocycles. The lowest BCUT2D eigenvalue weighted by atomic mass is 10.2. The summed E-state index contributed by atoms with van der Waals surface area (Å²) in [6.07, 6.45) is 3.87. The Hall–Kier alpha value is -1.29. The number of methoxy groups -OCH3 is 1. The number of hydrogen-bond acceptors (Lipinski definition) is 3. The van der Waals surface area contributed by atoms with Gasteiger partial charge in [-0.25, -0.2) is 4.68 Å². The molecule has 0 aliphatic rings. The van der Waals surface area contributed by atoms with Gasteiger partial charge in [-0.15, -0.1) is 0 Å². The molecule has 0 fully saturated rings. The summed E-state index contributed by atoms with van der Waals surface area (Å²) in [5.41, 5.74) is 7.57. The van der Waals surface area contributed by atoms with Crippen LogP contribution in [0.1, 0.15) is 18.2 Å². The summed E-state index contributed by atoms with van der Waals surface area (Å²) in [5.74, 6) is 0.763. The van der Waals surface area contributed by atoms with Gasteiger partial charge < -0.3 is 10.5 Å². The Balaban J connectivity index is 3.06. The molecule has 4 heteroatoms. The standard InChI is InChI=1S/C10H17N3O/c1-7(11)5-6-9-8(2)12-13(3)10(9)14-4/h5-7H,11H2,1-4H3/b6-5+. The Labute approximate surface area is 84.4 Å². The van der Waals surface area contributed by atoms with E-state index in [2.05, 4.69) is 5.10 Å². The number of ether oxygens (including phenoxy) is 1. The molecular formula is C10H17N3O. The first-order valence-electron chi connectivity index (χ1n) is 4.57. The summed E-state index contributed by atoms with van der Waals surface area (Å²) in [6.45, 7) is 3.87. The zero-order chi connectivity index (χ0) is 10.7. The summed E-state index contributed by atoms with van der Waals surface area (Å²) in [6, 6.07) is 0.0410. The van der Waals surface area contributed by atoms with E-state index in [0.717, 1.165) is 17.1 Å². The highest BCUT2D eigenvalue weighted by molar-refractivity contribution is 5.58. The molecule has 1 aromatic rings. The van der Waals surface area contributed by atoms with Crippen molar-refractivity contribution in [1.29, 1.82) is 0 Å². The van der Waals surface area contributed by atoms with Crippen LogP contribution < -0.4 is 10.5 Å². The molecule has 1 rings (SSSR count). The maximum atomic E-state index is 5.63. The number of aryl methyl sites for hydroxylation is 2. The normalized spacial score (nSPS) is 13.5. The second-order valence-electron chi connectivity index (χ2n) is 3.35. The fourth-order valence-corrected chi connectivity index (χ4v) is 1.34. The zero-order valence-corrected chi connectivity index (χ0v) is 9.11. The average Bonchev–Trinajstić information content (AvgIpc) is 2.36. The van der Waals surface area contributed by atoms with Gasteiger partial charge in [0.2, 0.25) is 5.88 Å². The summed E-state index contributed by atoms with van der Waals surface area (Å²) in [4.78, 5) is 0. The molecule has 4 nitrogen and oxygen atoms in total. The van der Waals surface area contributed by atoms with Crippen molar-refractivity contribution >= 4 is 6.08 Å². The SMILES string of the molecule is COc1c(/C=C/C(C)N)c(C)nn1C. The number of nitrogens with two attached hydrogens (primary N) is 1. The Bertz CT molecular complexity index is 339. The van der Waals surface area contributed by atoms with E-state index < -0.39 is 0 Å². The smallest absolute Gasteiger partial charge is 0.218 e. The van der Waals surface area contributed by atoms with Gasteiger partial charge in [-0.1, -0.05) is 12.2 Å². The largest absolute Gasteiger partial charge is 0.481 e. The van der Waals surface area contributed by atoms with E-state index in [9.17, 15) is 0 Å². The van der Waals surface area contributed by atoms with Gasteiger partial charge in [0.15, 0.2) is 0 Å². The monoisotopic (exact) mass is 195 g/mol. The van der Waals surface area contributed by atoms with Crippen LogP contribution in [0, 0.1) is 6.92 Å². The molecule has 0 bridgehead atoms. The average molecular weight is 195 g/mol. The molecule has 78 valence electrons. The minimum Gasteiger partial charge on any atom is -0.481 e. The first kappa shape index (κ1) is 10.8. The van der Waals surface area contributed by atoms with E-state index in [1.54, 1.807) is 11.8 Å². The summed E-state index contributed by atoms with van der Waals surface area (Å²) >= 11 is 0. The van der Waals surface area contributed by atoms with Gasteiger partial charge in [-0.05, 0) is 13.8 Å². The Kier molecular flexibility index (Phi) is 3.30. The van der Waals surface area contributed by atoms with Gasteiger partial charge in [-0.3, -0.25) is 0 Å². The van der Waals surface area contributed by atoms with Crippen LogP contribution in [0.4, 0.5) is 0 Å². The van der Waals surface area contributed by atoms with E-state index in [4.69, 9.17) is 10.5 Å². The molecule has 2 N–H and O–H groups in total. The van der Waals surface area contributed by atoms with Crippen LogP contribution in [0.2, 0.25) is 0 Å². The maximum absolute atomic E-state index is 5.63. The van der Waals surface area contributed by atoms with Gasteiger partial charge in [0.25, 0.3) is 0 Å². The fourth-order valence-electron chi connectivity index (χ4n) is 1.34. The van der Waals surface area contributed by atoms with E-state index >= 15 is 0 Å². The van der Waals surface area contributed by atoms with Crippen LogP contribution in [0.15, 0.2) is 6.08 Å². The van der Waals surface area contributed by atoms with Crippen molar-refractivity contribution in [2.45, 2.75) is 19.9 Å². The third-order valence-corrected chi connectivity index (χ3v) is 1.97. The van der Waals surface area contributed by atoms with Gasteiger partial charge in [0, 0.05) is 13.1 Å². The third-order valence-electron chi connectivity index (χ3n) is 1.97. The highest BCUT2D eigenvalue weighted by Crippen LogP contribution is 2.22. The predicted octanol–water partition coefficient (Wildman–Crippen LogP) is 1.10. The minimum absolute atomic E-state index is 0.0410. The minimum atomic E-state index is 0.0410. The lowest BCUT2D eigenvalue weighted by Crippen LogP contribution is -2.09. The van der Waals surface area contributed by atoms with Gasteiger partial charge in [0.1, 0.15) is 0 Å². The molecule has 1 aromatic heterocycles. The van der Waals surface area contributed by atoms with Crippen molar-refractivity contribution in [3.63, 3.8) is 0 Å². The molecule has 0 aromatic carbocycles. The predicted molar refractivity (Wildman–Crippen MR) is 57.2 cm³/mol. The molecule has 0 spiro atoms. The molecule has 0 radical (unpaired) electrons. The van der Waals surface area contributed by atoms with E-state index in [1.165, 1.54) is 0 Å². The van der Waals surface area contributed by atoms with Crippen molar-refractivity contribution in [3.8, 4) is 5.88 Å². The van der Waals surface area contributed by atoms with E-state index in [1.807, 2.05) is 33.0 Å². The van der Waals surface area contributed by atoms with Crippen molar-refractivity contribution < 1.29 is 4.74 Å². The van der Waals surface area contributed by atoms with Crippen molar-refractivity contribution in [2.24, 2.45) is 12.8 Å². The molecular weight excluding hydrogens is 178 g/mol. The summed E-state index contributed by atoms with van der Waals surface area (Å²) in [5, 5.41) is 4.26. The fraction of sp³-hybridized carbons (Fsp3) is 0.500. The van der Waals surface area contributed by atoms with Crippen LogP contribution in [-0.4, -0.2) is 22.9 Å². The second-order valence-corrected chi connectivity index (χ2v) is 3.35. The molecule has 1 atom stereocenters.